The Balaban J connectivity index is 2.00. The SMILES string of the molecule is CCCCCCCCCC/C=C\CCCCCCCCCCCCCCCCOCC(COC1OC(CO)C(O)C(OS(=O)(=O)O)C1O)OC(C)=O. The van der Waals surface area contributed by atoms with Crippen LogP contribution in [0, 0.1) is 0 Å². The molecule has 1 aliphatic heterocycles. The fourth-order valence-corrected chi connectivity index (χ4v) is 6.94. The lowest BCUT2D eigenvalue weighted by Crippen LogP contribution is -2.60. The molecule has 13 heteroatoms. The van der Waals surface area contributed by atoms with E-state index in [-0.39, 0.29) is 13.2 Å². The summed E-state index contributed by atoms with van der Waals surface area (Å²) in [5.41, 5.74) is 0. The molecule has 1 rings (SSSR count). The molecule has 0 saturated carbocycles. The van der Waals surface area contributed by atoms with Crippen LogP contribution in [0.4, 0.5) is 0 Å². The van der Waals surface area contributed by atoms with Crippen molar-refractivity contribution in [2.24, 2.45) is 0 Å². The van der Waals surface area contributed by atoms with Gasteiger partial charge in [-0.25, -0.2) is 4.18 Å². The van der Waals surface area contributed by atoms with E-state index in [0.717, 1.165) is 19.3 Å². The minimum atomic E-state index is -5.04. The Hall–Kier alpha value is -1.16. The van der Waals surface area contributed by atoms with Crippen LogP contribution in [-0.2, 0) is 38.3 Å². The Kier molecular flexibility index (Phi) is 30.2. The van der Waals surface area contributed by atoms with Crippen LogP contribution in [0.25, 0.3) is 0 Å². The predicted octanol–water partition coefficient (Wildman–Crippen LogP) is 7.52. The molecule has 0 aromatic rings. The zero-order chi connectivity index (χ0) is 38.3. The van der Waals surface area contributed by atoms with Gasteiger partial charge in [-0.1, -0.05) is 141 Å². The molecule has 0 radical (unpaired) electrons. The van der Waals surface area contributed by atoms with Crippen LogP contribution < -0.4 is 0 Å². The largest absolute Gasteiger partial charge is 0.458 e. The molecule has 12 nitrogen and oxygen atoms in total. The molecule has 0 amide bonds. The molecule has 6 atom stereocenters. The summed E-state index contributed by atoms with van der Waals surface area (Å²) in [6.45, 7) is 2.97. The average molecular weight is 767 g/mol. The number of allylic oxidation sites excluding steroid dienone is 2. The standard InChI is InChI=1S/C39H74O12S/c1-3-4-5-6-7-8-9-10-11-12-13-14-15-16-17-18-19-20-21-22-23-24-25-26-27-28-29-47-31-34(49-33(2)41)32-48-39-37(43)38(51-52(44,45)46)36(42)35(30-40)50-39/h12-13,34-40,42-43H,3-11,14-32H2,1-2H3,(H,44,45,46)/b13-12-. The Morgan fingerprint density at radius 1 is 0.712 bits per heavy atom. The van der Waals surface area contributed by atoms with Gasteiger partial charge in [0.2, 0.25) is 0 Å². The molecule has 1 aliphatic rings. The number of carbonyl (C=O) groups is 1. The molecule has 1 saturated heterocycles. The van der Waals surface area contributed by atoms with Crippen molar-refractivity contribution in [3.05, 3.63) is 12.2 Å². The molecule has 0 aromatic heterocycles. The highest BCUT2D eigenvalue weighted by Crippen LogP contribution is 2.26. The van der Waals surface area contributed by atoms with Gasteiger partial charge in [-0.05, 0) is 32.1 Å². The van der Waals surface area contributed by atoms with Crippen LogP contribution in [0.15, 0.2) is 12.2 Å². The number of rotatable bonds is 35. The van der Waals surface area contributed by atoms with Gasteiger partial charge in [0, 0.05) is 13.5 Å². The molecule has 52 heavy (non-hydrogen) atoms. The lowest BCUT2D eigenvalue weighted by atomic mass is 9.99. The summed E-state index contributed by atoms with van der Waals surface area (Å²) in [5.74, 6) is -0.573. The number of aliphatic hydroxyl groups excluding tert-OH is 3. The van der Waals surface area contributed by atoms with Crippen molar-refractivity contribution in [1.29, 1.82) is 0 Å². The maximum Gasteiger partial charge on any atom is 0.397 e. The van der Waals surface area contributed by atoms with E-state index in [1.165, 1.54) is 142 Å². The molecule has 0 bridgehead atoms. The predicted molar refractivity (Wildman–Crippen MR) is 202 cm³/mol. The zero-order valence-corrected chi connectivity index (χ0v) is 33.2. The van der Waals surface area contributed by atoms with Gasteiger partial charge in [-0.3, -0.25) is 9.35 Å². The number of carbonyl (C=O) groups excluding carboxylic acids is 1. The molecular weight excluding hydrogens is 692 g/mol. The normalized spacial score (nSPS) is 21.5. The maximum absolute atomic E-state index is 11.6. The number of unbranched alkanes of at least 4 members (excludes halogenated alkanes) is 22. The summed E-state index contributed by atoms with van der Waals surface area (Å²) >= 11 is 0. The van der Waals surface area contributed by atoms with Crippen LogP contribution in [0.5, 0.6) is 0 Å². The molecule has 0 aliphatic carbocycles. The van der Waals surface area contributed by atoms with Gasteiger partial charge >= 0.3 is 16.4 Å². The molecule has 6 unspecified atom stereocenters. The third-order valence-corrected chi connectivity index (χ3v) is 9.90. The Bertz CT molecular complexity index is 978. The molecule has 308 valence electrons. The second-order valence-corrected chi connectivity index (χ2v) is 15.4. The Morgan fingerprint density at radius 3 is 1.62 bits per heavy atom. The Morgan fingerprint density at radius 2 is 1.17 bits per heavy atom. The number of aliphatic hydroxyl groups is 3. The van der Waals surface area contributed by atoms with E-state index >= 15 is 0 Å². The third-order valence-electron chi connectivity index (χ3n) is 9.44. The van der Waals surface area contributed by atoms with Gasteiger partial charge in [0.15, 0.2) is 6.29 Å². The van der Waals surface area contributed by atoms with Crippen molar-refractivity contribution in [3.63, 3.8) is 0 Å². The number of ether oxygens (including phenoxy) is 4. The first-order chi connectivity index (χ1) is 25.1. The van der Waals surface area contributed by atoms with E-state index in [4.69, 9.17) is 23.5 Å². The summed E-state index contributed by atoms with van der Waals surface area (Å²) in [5, 5.41) is 30.0. The smallest absolute Gasteiger partial charge is 0.397 e. The molecule has 4 N–H and O–H groups in total. The van der Waals surface area contributed by atoms with Gasteiger partial charge in [-0.15, -0.1) is 0 Å². The highest BCUT2D eigenvalue weighted by molar-refractivity contribution is 7.80. The van der Waals surface area contributed by atoms with Gasteiger partial charge in [0.25, 0.3) is 0 Å². The van der Waals surface area contributed by atoms with Crippen molar-refractivity contribution in [2.75, 3.05) is 26.4 Å². The van der Waals surface area contributed by atoms with Crippen molar-refractivity contribution in [2.45, 2.75) is 205 Å². The minimum absolute atomic E-state index is 0.0240. The lowest BCUT2D eigenvalue weighted by Gasteiger charge is -2.41. The van der Waals surface area contributed by atoms with Crippen molar-refractivity contribution >= 4 is 16.4 Å². The first-order valence-electron chi connectivity index (χ1n) is 20.4. The molecule has 0 aromatic carbocycles. The van der Waals surface area contributed by atoms with Crippen molar-refractivity contribution < 1.29 is 56.2 Å². The van der Waals surface area contributed by atoms with E-state index in [2.05, 4.69) is 23.3 Å². The van der Waals surface area contributed by atoms with Crippen molar-refractivity contribution in [1.82, 2.24) is 0 Å². The minimum Gasteiger partial charge on any atom is -0.458 e. The van der Waals surface area contributed by atoms with E-state index in [9.17, 15) is 28.5 Å². The van der Waals surface area contributed by atoms with Gasteiger partial charge in [0.05, 0.1) is 19.8 Å². The fourth-order valence-electron chi connectivity index (χ4n) is 6.43. The van der Waals surface area contributed by atoms with E-state index in [1.807, 2.05) is 0 Å². The summed E-state index contributed by atoms with van der Waals surface area (Å²) in [6.07, 6.45) is 26.7. The first kappa shape index (κ1) is 48.9. The average Bonchev–Trinajstić information content (AvgIpc) is 3.10. The highest BCUT2D eigenvalue weighted by atomic mass is 32.3. The Labute approximate surface area is 315 Å². The molecular formula is C39H74O12S. The molecule has 1 fully saturated rings. The van der Waals surface area contributed by atoms with E-state index < -0.39 is 59.8 Å². The van der Waals surface area contributed by atoms with Gasteiger partial charge < -0.3 is 34.3 Å². The van der Waals surface area contributed by atoms with Crippen LogP contribution in [0.3, 0.4) is 0 Å². The number of hydrogen-bond donors (Lipinski definition) is 4. The van der Waals surface area contributed by atoms with Crippen LogP contribution in [-0.4, -0.2) is 97.5 Å². The highest BCUT2D eigenvalue weighted by Gasteiger charge is 2.48. The van der Waals surface area contributed by atoms with Crippen LogP contribution in [0.1, 0.15) is 168 Å². The van der Waals surface area contributed by atoms with Crippen LogP contribution in [0.2, 0.25) is 0 Å². The fraction of sp³-hybridized carbons (Fsp3) is 0.923. The lowest BCUT2D eigenvalue weighted by molar-refractivity contribution is -0.301. The molecule has 0 spiro atoms. The van der Waals surface area contributed by atoms with Crippen molar-refractivity contribution in [3.8, 4) is 0 Å². The van der Waals surface area contributed by atoms with Gasteiger partial charge in [-0.2, -0.15) is 8.42 Å². The third kappa shape index (κ3) is 26.6. The van der Waals surface area contributed by atoms with E-state index in [0.29, 0.717) is 6.61 Å². The second kappa shape index (κ2) is 32.1. The topological polar surface area (TPSA) is 178 Å². The summed E-state index contributed by atoms with van der Waals surface area (Å²) in [7, 11) is -5.04. The number of esters is 1. The maximum atomic E-state index is 11.6. The first-order valence-corrected chi connectivity index (χ1v) is 21.7. The summed E-state index contributed by atoms with van der Waals surface area (Å²) in [6, 6.07) is 0. The summed E-state index contributed by atoms with van der Waals surface area (Å²) < 4.78 is 57.4. The quantitative estimate of drug-likeness (QED) is 0.0216. The van der Waals surface area contributed by atoms with E-state index in [1.54, 1.807) is 0 Å². The summed E-state index contributed by atoms with van der Waals surface area (Å²) in [4.78, 5) is 11.6. The second-order valence-electron chi connectivity index (χ2n) is 14.3. The monoisotopic (exact) mass is 766 g/mol. The molecule has 1 heterocycles. The number of hydrogen-bond acceptors (Lipinski definition) is 11. The van der Waals surface area contributed by atoms with Crippen LogP contribution >= 0.6 is 0 Å². The van der Waals surface area contributed by atoms with Gasteiger partial charge in [0.1, 0.15) is 30.5 Å². The zero-order valence-electron chi connectivity index (χ0n) is 32.4.